The van der Waals surface area contributed by atoms with Gasteiger partial charge in [-0.1, -0.05) is 43.2 Å². The minimum atomic E-state index is -4.02. The summed E-state index contributed by atoms with van der Waals surface area (Å²) in [4.78, 5) is 38.6. The second-order valence-electron chi connectivity index (χ2n) is 22.7. The van der Waals surface area contributed by atoms with Gasteiger partial charge in [0.05, 0.1) is 101 Å². The number of morpholine rings is 2. The SMILES string of the molecule is CCCCO.COc1cc(N)c(C)cc1N1CCOCC1.COc1cc(Nc2ncc(Br)c(Nc3ccc(-c4cnccn4)cc3P(C)(C)=O)n2)c(C)cc1N1CCOCC1.CP(C)(=O)c1cc(-c2cnccn2)ccc1Nc1nc(Cl)ncc1Br.Cc1ccc(S(=O)(=O)O)cc1. The molecule has 9 aromatic rings. The van der Waals surface area contributed by atoms with Crippen LogP contribution in [0.25, 0.3) is 22.5 Å². The quantitative estimate of drug-likeness (QED) is 0.0213. The molecule has 0 bridgehead atoms. The number of methoxy groups -OCH3 is 2. The highest BCUT2D eigenvalue weighted by molar-refractivity contribution is 9.11. The van der Waals surface area contributed by atoms with Crippen molar-refractivity contribution < 1.29 is 46.2 Å². The molecule has 30 heteroatoms. The van der Waals surface area contributed by atoms with Crippen molar-refractivity contribution in [1.29, 1.82) is 0 Å². The molecule has 2 fully saturated rings. The van der Waals surface area contributed by atoms with Gasteiger partial charge in [-0.05, 0) is 157 Å². The molecule has 0 spiro atoms. The number of aliphatic hydroxyl groups excluding tert-OH is 1. The Morgan fingerprint density at radius 1 is 0.619 bits per heavy atom. The van der Waals surface area contributed by atoms with Gasteiger partial charge in [-0.15, -0.1) is 0 Å². The molecular weight excluding hydrogens is 1450 g/mol. The van der Waals surface area contributed by atoms with Crippen LogP contribution >= 0.6 is 57.7 Å². The number of aliphatic hydroxyl groups is 1. The molecular formula is C67H81Br2ClN14O10P2S. The largest absolute Gasteiger partial charge is 0.495 e. The standard InChI is InChI=1S/C28H31BrN7O3P.C16H14BrClN5OP.C12H18N2O2.C7H8O3S.C4H10O/c1-18-13-24(36-9-11-39-12-10-36)25(38-2)15-22(18)34-28-32-16-20(29)27(35-28)33-21-6-5-19(14-26(21)40(3,4)37)23-17-30-7-8-31-23;1-25(2,24)14-7-10(13-9-19-5-6-20-13)3-4-12(14)22-15-11(17)8-21-16(18)23-15;1-9-7-11(12(15-2)8-10(9)13)14-3-5-16-6-4-14;1-6-2-4-7(5-3-6)11(8,9)10;1-2-3-4-5/h5-8,13-17H,9-12H2,1-4H3,(H2,32,33,34,35);3-9H,1-2H3,(H,21,22,23);7-8H,3-6,13H2,1-2H3;2-5H,1H3,(H,8,9,10);5H,2-4H2,1H3. The van der Waals surface area contributed by atoms with Crippen LogP contribution in [0.1, 0.15) is 36.5 Å². The summed E-state index contributed by atoms with van der Waals surface area (Å²) >= 11 is 12.8. The summed E-state index contributed by atoms with van der Waals surface area (Å²) in [6, 6.07) is 25.3. The van der Waals surface area contributed by atoms with Gasteiger partial charge in [0, 0.05) is 115 Å². The first-order valence-corrected chi connectivity index (χ1v) is 39.2. The van der Waals surface area contributed by atoms with Crippen LogP contribution in [0.2, 0.25) is 5.28 Å². The number of unbranched alkanes of at least 4 members (excludes halogenated alkanes) is 1. The lowest BCUT2D eigenvalue weighted by atomic mass is 10.1. The number of hydrogen-bond donors (Lipinski definition) is 6. The summed E-state index contributed by atoms with van der Waals surface area (Å²) in [7, 11) is -5.91. The minimum absolute atomic E-state index is 0.0666. The molecule has 5 aromatic carbocycles. The molecule has 516 valence electrons. The fourth-order valence-corrected chi connectivity index (χ4v) is 13.0. The zero-order valence-corrected chi connectivity index (χ0v) is 62.2. The molecule has 2 aliphatic rings. The number of nitrogen functional groups attached to an aromatic ring is 1. The van der Waals surface area contributed by atoms with E-state index in [-0.39, 0.29) is 10.2 Å². The highest BCUT2D eigenvalue weighted by Gasteiger charge is 2.23. The topological polar surface area (TPSA) is 317 Å². The normalized spacial score (nSPS) is 13.0. The van der Waals surface area contributed by atoms with E-state index < -0.39 is 24.4 Å². The number of halogens is 3. The number of rotatable bonds is 17. The van der Waals surface area contributed by atoms with Crippen molar-refractivity contribution in [3.05, 3.63) is 165 Å². The maximum atomic E-state index is 13.3. The molecule has 2 aliphatic heterocycles. The van der Waals surface area contributed by atoms with Crippen molar-refractivity contribution in [2.75, 3.05) is 132 Å². The molecule has 7 N–H and O–H groups in total. The second kappa shape index (κ2) is 36.2. The van der Waals surface area contributed by atoms with E-state index in [2.05, 4.69) is 112 Å². The number of nitrogens with two attached hydrogens (primary N) is 1. The third kappa shape index (κ3) is 22.7. The molecule has 6 heterocycles. The Balaban J connectivity index is 0.000000197. The predicted octanol–water partition coefficient (Wildman–Crippen LogP) is 13.4. The summed E-state index contributed by atoms with van der Waals surface area (Å²) in [5, 5.41) is 19.4. The maximum Gasteiger partial charge on any atom is 0.294 e. The Bertz CT molecular complexity index is 4290. The number of anilines is 9. The summed E-state index contributed by atoms with van der Waals surface area (Å²) in [5.74, 6) is 3.05. The summed E-state index contributed by atoms with van der Waals surface area (Å²) in [6.07, 6.45) is 15.1. The molecule has 0 aliphatic carbocycles. The van der Waals surface area contributed by atoms with Gasteiger partial charge in [-0.3, -0.25) is 24.5 Å². The van der Waals surface area contributed by atoms with E-state index in [4.69, 9.17) is 50.9 Å². The molecule has 2 saturated heterocycles. The number of nitrogens with one attached hydrogen (secondary N) is 3. The first kappa shape index (κ1) is 76.7. The van der Waals surface area contributed by atoms with Gasteiger partial charge in [0.15, 0.2) is 0 Å². The van der Waals surface area contributed by atoms with Crippen molar-refractivity contribution in [3.8, 4) is 34.0 Å². The monoisotopic (exact) mass is 1530 g/mol. The van der Waals surface area contributed by atoms with E-state index in [1.54, 1.807) is 103 Å². The van der Waals surface area contributed by atoms with Crippen molar-refractivity contribution in [1.82, 2.24) is 39.9 Å². The van der Waals surface area contributed by atoms with E-state index in [0.29, 0.717) is 74.0 Å². The van der Waals surface area contributed by atoms with Gasteiger partial charge in [0.1, 0.15) is 37.4 Å². The molecule has 4 aromatic heterocycles. The van der Waals surface area contributed by atoms with Crippen LogP contribution in [0.15, 0.2) is 148 Å². The smallest absolute Gasteiger partial charge is 0.294 e. The van der Waals surface area contributed by atoms with Crippen LogP contribution in [0.3, 0.4) is 0 Å². The average Bonchev–Trinajstić information content (AvgIpc) is 0.854. The van der Waals surface area contributed by atoms with Gasteiger partial charge < -0.3 is 64.7 Å². The number of ether oxygens (including phenoxy) is 4. The van der Waals surface area contributed by atoms with E-state index in [9.17, 15) is 17.5 Å². The Labute approximate surface area is 588 Å². The molecule has 0 radical (unpaired) electrons. The number of aryl methyl sites for hydroxylation is 3. The molecule has 0 atom stereocenters. The highest BCUT2D eigenvalue weighted by Crippen LogP contribution is 2.43. The van der Waals surface area contributed by atoms with Gasteiger partial charge in [-0.25, -0.2) is 9.97 Å². The lowest BCUT2D eigenvalue weighted by Crippen LogP contribution is -2.36. The first-order valence-electron chi connectivity index (χ1n) is 30.6. The third-order valence-corrected chi connectivity index (χ3v) is 20.0. The van der Waals surface area contributed by atoms with Crippen LogP contribution < -0.4 is 51.6 Å². The number of benzene rings is 5. The van der Waals surface area contributed by atoms with Gasteiger partial charge in [0.2, 0.25) is 11.2 Å². The minimum Gasteiger partial charge on any atom is -0.495 e. The van der Waals surface area contributed by atoms with E-state index >= 15 is 0 Å². The first-order chi connectivity index (χ1) is 46.2. The highest BCUT2D eigenvalue weighted by atomic mass is 79.9. The van der Waals surface area contributed by atoms with Gasteiger partial charge in [0.25, 0.3) is 10.1 Å². The lowest BCUT2D eigenvalue weighted by Gasteiger charge is -2.30. The fourth-order valence-electron chi connectivity index (χ4n) is 9.50. The summed E-state index contributed by atoms with van der Waals surface area (Å²) in [5.41, 5.74) is 17.2. The Kier molecular flexibility index (Phi) is 28.6. The predicted molar refractivity (Wildman–Crippen MR) is 396 cm³/mol. The van der Waals surface area contributed by atoms with Crippen molar-refractivity contribution in [3.63, 3.8) is 0 Å². The molecule has 0 saturated carbocycles. The van der Waals surface area contributed by atoms with Crippen molar-refractivity contribution in [2.45, 2.75) is 45.4 Å². The number of aromatic nitrogens is 8. The van der Waals surface area contributed by atoms with Gasteiger partial charge >= 0.3 is 0 Å². The molecule has 97 heavy (non-hydrogen) atoms. The zero-order chi connectivity index (χ0) is 70.5. The number of hydrogen-bond acceptors (Lipinski definition) is 23. The van der Waals surface area contributed by atoms with E-state index in [1.807, 2.05) is 69.3 Å². The average molecular weight is 1530 g/mol. The van der Waals surface area contributed by atoms with Crippen LogP contribution in [-0.4, -0.2) is 158 Å². The molecule has 11 rings (SSSR count). The molecule has 0 unspecified atom stereocenters. The van der Waals surface area contributed by atoms with Crippen LogP contribution in [0.5, 0.6) is 11.5 Å². The summed E-state index contributed by atoms with van der Waals surface area (Å²) in [6.45, 7) is 21.6. The Morgan fingerprint density at radius 3 is 1.53 bits per heavy atom. The third-order valence-electron chi connectivity index (χ3n) is 14.7. The Morgan fingerprint density at radius 2 is 1.09 bits per heavy atom. The van der Waals surface area contributed by atoms with Crippen LogP contribution in [0.4, 0.5) is 51.7 Å². The molecule has 24 nitrogen and oxygen atoms in total. The van der Waals surface area contributed by atoms with E-state index in [1.165, 1.54) is 12.1 Å². The summed E-state index contributed by atoms with van der Waals surface area (Å²) < 4.78 is 78.9. The lowest BCUT2D eigenvalue weighted by molar-refractivity contribution is 0.122. The second-order valence-corrected chi connectivity index (χ2v) is 32.6. The van der Waals surface area contributed by atoms with E-state index in [0.717, 1.165) is 120 Å². The fraction of sp³-hybridized carbons (Fsp3) is 0.313. The Hall–Kier alpha value is -7.68. The van der Waals surface area contributed by atoms with Gasteiger partial charge in [-0.2, -0.15) is 18.4 Å². The van der Waals surface area contributed by atoms with Crippen molar-refractivity contribution in [2.24, 2.45) is 0 Å². The number of nitrogens with zero attached hydrogens (tertiary/aromatic N) is 10. The zero-order valence-electron chi connectivity index (χ0n) is 55.6. The molecule has 0 amide bonds. The van der Waals surface area contributed by atoms with Crippen molar-refractivity contribution >= 4 is 130 Å². The van der Waals surface area contributed by atoms with Crippen LogP contribution in [0, 0.1) is 20.8 Å². The maximum absolute atomic E-state index is 13.3. The van der Waals surface area contributed by atoms with Crippen LogP contribution in [-0.2, 0) is 28.7 Å².